The molecule has 1 aromatic heterocycles. The lowest BCUT2D eigenvalue weighted by atomic mass is 10.1. The lowest BCUT2D eigenvalue weighted by molar-refractivity contribution is 0.475. The third kappa shape index (κ3) is 2.23. The number of phenolic OH excluding ortho intramolecular Hbond substituents is 1. The average molecular weight is 364 g/mol. The highest BCUT2D eigenvalue weighted by Gasteiger charge is 2.09. The maximum absolute atomic E-state index is 12.4. The van der Waals surface area contributed by atoms with Gasteiger partial charge in [0.05, 0.1) is 10.9 Å². The molecule has 0 unspecified atom stereocenters. The molecular formula is C15H9IO3. The first-order chi connectivity index (χ1) is 9.15. The van der Waals surface area contributed by atoms with Gasteiger partial charge in [-0.3, -0.25) is 4.79 Å². The van der Waals surface area contributed by atoms with Crippen LogP contribution in [0.25, 0.3) is 22.1 Å². The molecule has 0 aliphatic carbocycles. The molecule has 3 nitrogen and oxygen atoms in total. The van der Waals surface area contributed by atoms with E-state index in [1.165, 1.54) is 6.26 Å². The number of phenols is 1. The Kier molecular flexibility index (Phi) is 3.02. The van der Waals surface area contributed by atoms with E-state index in [9.17, 15) is 9.90 Å². The van der Waals surface area contributed by atoms with Gasteiger partial charge in [0.25, 0.3) is 0 Å². The Balaban J connectivity index is 2.26. The number of halogens is 1. The third-order valence-corrected chi connectivity index (χ3v) is 3.59. The van der Waals surface area contributed by atoms with Crippen LogP contribution in [0.3, 0.4) is 0 Å². The lowest BCUT2D eigenvalue weighted by Crippen LogP contribution is -2.04. The van der Waals surface area contributed by atoms with Crippen molar-refractivity contribution in [2.24, 2.45) is 0 Å². The molecule has 0 fully saturated rings. The molecule has 1 heterocycles. The minimum absolute atomic E-state index is 0.0664. The van der Waals surface area contributed by atoms with Gasteiger partial charge in [-0.1, -0.05) is 12.1 Å². The van der Waals surface area contributed by atoms with Crippen LogP contribution in [0.2, 0.25) is 0 Å². The van der Waals surface area contributed by atoms with Crippen molar-refractivity contribution in [2.45, 2.75) is 0 Å². The van der Waals surface area contributed by atoms with Gasteiger partial charge in [-0.15, -0.1) is 0 Å². The molecule has 0 spiro atoms. The Morgan fingerprint density at radius 1 is 1.05 bits per heavy atom. The Morgan fingerprint density at radius 3 is 2.53 bits per heavy atom. The fourth-order valence-corrected chi connectivity index (χ4v) is 2.41. The summed E-state index contributed by atoms with van der Waals surface area (Å²) in [4.78, 5) is 12.4. The van der Waals surface area contributed by atoms with Crippen molar-refractivity contribution in [1.82, 2.24) is 0 Å². The fraction of sp³-hybridized carbons (Fsp3) is 0. The van der Waals surface area contributed by atoms with Crippen LogP contribution in [0, 0.1) is 3.57 Å². The molecule has 0 aliphatic heterocycles. The van der Waals surface area contributed by atoms with Gasteiger partial charge >= 0.3 is 0 Å². The summed E-state index contributed by atoms with van der Waals surface area (Å²) < 4.78 is 6.54. The molecule has 0 radical (unpaired) electrons. The summed E-state index contributed by atoms with van der Waals surface area (Å²) in [6, 6.07) is 12.0. The van der Waals surface area contributed by atoms with E-state index >= 15 is 0 Å². The summed E-state index contributed by atoms with van der Waals surface area (Å²) >= 11 is 2.17. The standard InChI is InChI=1S/C15H9IO3/c16-10-3-6-12-14(7-10)19-8-13(15(12)18)9-1-4-11(17)5-2-9/h1-8,17H. The summed E-state index contributed by atoms with van der Waals surface area (Å²) in [5.74, 6) is 0.170. The minimum Gasteiger partial charge on any atom is -0.508 e. The number of fused-ring (bicyclic) bond motifs is 1. The second-order valence-corrected chi connectivity index (χ2v) is 5.41. The zero-order valence-corrected chi connectivity index (χ0v) is 11.9. The SMILES string of the molecule is O=c1c(-c2ccc(O)cc2)coc2cc(I)ccc12. The van der Waals surface area contributed by atoms with Crippen LogP contribution in [0.15, 0.2) is 57.9 Å². The van der Waals surface area contributed by atoms with Gasteiger partial charge in [0.1, 0.15) is 17.6 Å². The summed E-state index contributed by atoms with van der Waals surface area (Å²) in [5.41, 5.74) is 1.74. The molecule has 3 rings (SSSR count). The van der Waals surface area contributed by atoms with E-state index in [0.29, 0.717) is 16.5 Å². The van der Waals surface area contributed by atoms with Crippen molar-refractivity contribution in [3.63, 3.8) is 0 Å². The van der Waals surface area contributed by atoms with Crippen molar-refractivity contribution in [3.05, 3.63) is 62.5 Å². The van der Waals surface area contributed by atoms with E-state index in [4.69, 9.17) is 4.42 Å². The van der Waals surface area contributed by atoms with Gasteiger partial charge < -0.3 is 9.52 Å². The summed E-state index contributed by atoms with van der Waals surface area (Å²) in [6.07, 6.45) is 1.47. The largest absolute Gasteiger partial charge is 0.508 e. The van der Waals surface area contributed by atoms with Crippen LogP contribution in [0.4, 0.5) is 0 Å². The molecular weight excluding hydrogens is 355 g/mol. The van der Waals surface area contributed by atoms with E-state index in [1.54, 1.807) is 30.3 Å². The third-order valence-electron chi connectivity index (χ3n) is 2.91. The van der Waals surface area contributed by atoms with E-state index in [-0.39, 0.29) is 11.2 Å². The topological polar surface area (TPSA) is 50.4 Å². The predicted molar refractivity (Wildman–Crippen MR) is 82.3 cm³/mol. The Labute approximate surface area is 122 Å². The molecule has 0 saturated carbocycles. The minimum atomic E-state index is -0.0664. The van der Waals surface area contributed by atoms with Crippen LogP contribution in [-0.2, 0) is 0 Å². The van der Waals surface area contributed by atoms with Gasteiger partial charge in [0.15, 0.2) is 5.43 Å². The van der Waals surface area contributed by atoms with E-state index in [0.717, 1.165) is 9.13 Å². The summed E-state index contributed by atoms with van der Waals surface area (Å²) in [5, 5.41) is 9.83. The number of hydrogen-bond acceptors (Lipinski definition) is 3. The molecule has 0 saturated heterocycles. The number of rotatable bonds is 1. The fourth-order valence-electron chi connectivity index (χ4n) is 1.94. The highest BCUT2D eigenvalue weighted by molar-refractivity contribution is 14.1. The average Bonchev–Trinajstić information content (AvgIpc) is 2.40. The predicted octanol–water partition coefficient (Wildman–Crippen LogP) is 3.77. The van der Waals surface area contributed by atoms with Crippen LogP contribution in [-0.4, -0.2) is 5.11 Å². The molecule has 2 aromatic carbocycles. The van der Waals surface area contributed by atoms with Crippen molar-refractivity contribution in [3.8, 4) is 16.9 Å². The van der Waals surface area contributed by atoms with Crippen LogP contribution < -0.4 is 5.43 Å². The van der Waals surface area contributed by atoms with Gasteiger partial charge in [0.2, 0.25) is 0 Å². The molecule has 19 heavy (non-hydrogen) atoms. The smallest absolute Gasteiger partial charge is 0.200 e. The summed E-state index contributed by atoms with van der Waals surface area (Å²) in [6.45, 7) is 0. The first kappa shape index (κ1) is 12.2. The molecule has 0 bridgehead atoms. The first-order valence-corrected chi connectivity index (χ1v) is 6.73. The first-order valence-electron chi connectivity index (χ1n) is 5.65. The van der Waals surface area contributed by atoms with Gasteiger partial charge in [-0.2, -0.15) is 0 Å². The molecule has 1 N–H and O–H groups in total. The van der Waals surface area contributed by atoms with Crippen molar-refractivity contribution >= 4 is 33.6 Å². The highest BCUT2D eigenvalue weighted by atomic mass is 127. The maximum Gasteiger partial charge on any atom is 0.200 e. The van der Waals surface area contributed by atoms with E-state index in [1.807, 2.05) is 12.1 Å². The van der Waals surface area contributed by atoms with Gasteiger partial charge in [0, 0.05) is 3.57 Å². The summed E-state index contributed by atoms with van der Waals surface area (Å²) in [7, 11) is 0. The number of aromatic hydroxyl groups is 1. The Hall–Kier alpha value is -1.82. The molecule has 94 valence electrons. The van der Waals surface area contributed by atoms with Gasteiger partial charge in [-0.25, -0.2) is 0 Å². The zero-order valence-electron chi connectivity index (χ0n) is 9.76. The van der Waals surface area contributed by atoms with Crippen molar-refractivity contribution < 1.29 is 9.52 Å². The van der Waals surface area contributed by atoms with Gasteiger partial charge in [-0.05, 0) is 58.5 Å². The van der Waals surface area contributed by atoms with Crippen LogP contribution >= 0.6 is 22.6 Å². The lowest BCUT2D eigenvalue weighted by Gasteiger charge is -2.03. The number of benzene rings is 2. The Morgan fingerprint density at radius 2 is 1.79 bits per heavy atom. The molecule has 0 atom stereocenters. The molecule has 0 aliphatic rings. The Bertz CT molecular complexity index is 804. The van der Waals surface area contributed by atoms with Crippen LogP contribution in [0.5, 0.6) is 5.75 Å². The van der Waals surface area contributed by atoms with Crippen molar-refractivity contribution in [1.29, 1.82) is 0 Å². The van der Waals surface area contributed by atoms with Crippen LogP contribution in [0.1, 0.15) is 0 Å². The quantitative estimate of drug-likeness (QED) is 0.669. The van der Waals surface area contributed by atoms with Crippen molar-refractivity contribution in [2.75, 3.05) is 0 Å². The second-order valence-electron chi connectivity index (χ2n) is 4.17. The molecule has 3 aromatic rings. The highest BCUT2D eigenvalue weighted by Crippen LogP contribution is 2.22. The maximum atomic E-state index is 12.4. The second kappa shape index (κ2) is 4.70. The zero-order chi connectivity index (χ0) is 13.4. The molecule has 0 amide bonds. The van der Waals surface area contributed by atoms with E-state index < -0.39 is 0 Å². The normalized spacial score (nSPS) is 10.8. The molecule has 4 heteroatoms. The number of hydrogen-bond donors (Lipinski definition) is 1. The van der Waals surface area contributed by atoms with E-state index in [2.05, 4.69) is 22.6 Å². The monoisotopic (exact) mass is 364 g/mol.